The van der Waals surface area contributed by atoms with Gasteiger partial charge in [-0.15, -0.1) is 11.3 Å². The molecule has 0 aliphatic heterocycles. The largest absolute Gasteiger partial charge is 0.325 e. The summed E-state index contributed by atoms with van der Waals surface area (Å²) in [5.41, 5.74) is 7.75. The van der Waals surface area contributed by atoms with Gasteiger partial charge in [0.05, 0.1) is 5.69 Å². The van der Waals surface area contributed by atoms with Crippen LogP contribution in [0.3, 0.4) is 0 Å². The van der Waals surface area contributed by atoms with E-state index in [-0.39, 0.29) is 0 Å². The van der Waals surface area contributed by atoms with E-state index in [1.165, 1.54) is 5.56 Å². The van der Waals surface area contributed by atoms with Gasteiger partial charge in [0.25, 0.3) is 0 Å². The standard InChI is InChI=1S/C10H11N3S/c11-5-10-13-9(7-14-10)4-8-2-1-3-12-6-8/h1-3,6-7H,4-5,11H2. The molecule has 0 aliphatic carbocycles. The van der Waals surface area contributed by atoms with Gasteiger partial charge < -0.3 is 5.73 Å². The van der Waals surface area contributed by atoms with Gasteiger partial charge in [0, 0.05) is 30.7 Å². The maximum Gasteiger partial charge on any atom is 0.106 e. The summed E-state index contributed by atoms with van der Waals surface area (Å²) in [6, 6.07) is 3.99. The molecule has 0 spiro atoms. The van der Waals surface area contributed by atoms with E-state index < -0.39 is 0 Å². The third-order valence-corrected chi connectivity index (χ3v) is 2.80. The number of aromatic nitrogens is 2. The molecule has 0 atom stereocenters. The van der Waals surface area contributed by atoms with Crippen LogP contribution in [0.25, 0.3) is 0 Å². The van der Waals surface area contributed by atoms with E-state index in [1.54, 1.807) is 17.5 Å². The van der Waals surface area contributed by atoms with Crippen LogP contribution >= 0.6 is 11.3 Å². The highest BCUT2D eigenvalue weighted by Crippen LogP contribution is 2.12. The SMILES string of the molecule is NCc1nc(Cc2cccnc2)cs1. The van der Waals surface area contributed by atoms with Gasteiger partial charge in [0.1, 0.15) is 5.01 Å². The maximum atomic E-state index is 5.49. The zero-order valence-corrected chi connectivity index (χ0v) is 8.50. The monoisotopic (exact) mass is 205 g/mol. The number of nitrogens with two attached hydrogens (primary N) is 1. The lowest BCUT2D eigenvalue weighted by molar-refractivity contribution is 0.991. The normalized spacial score (nSPS) is 10.4. The van der Waals surface area contributed by atoms with Crippen molar-refractivity contribution in [1.82, 2.24) is 9.97 Å². The molecule has 0 fully saturated rings. The van der Waals surface area contributed by atoms with E-state index >= 15 is 0 Å². The second-order valence-corrected chi connectivity index (χ2v) is 3.92. The molecule has 0 radical (unpaired) electrons. The van der Waals surface area contributed by atoms with Crippen molar-refractivity contribution in [2.24, 2.45) is 5.73 Å². The molecule has 0 saturated heterocycles. The van der Waals surface area contributed by atoms with Crippen molar-refractivity contribution in [3.8, 4) is 0 Å². The summed E-state index contributed by atoms with van der Waals surface area (Å²) < 4.78 is 0. The Morgan fingerprint density at radius 1 is 1.43 bits per heavy atom. The van der Waals surface area contributed by atoms with Crippen molar-refractivity contribution in [3.05, 3.63) is 46.2 Å². The van der Waals surface area contributed by atoms with Crippen LogP contribution in [0.1, 0.15) is 16.3 Å². The molecule has 0 aromatic carbocycles. The molecular formula is C10H11N3S. The van der Waals surface area contributed by atoms with E-state index in [4.69, 9.17) is 5.73 Å². The molecule has 2 aromatic heterocycles. The molecule has 2 aromatic rings. The molecule has 0 aliphatic rings. The molecule has 14 heavy (non-hydrogen) atoms. The predicted octanol–water partition coefficient (Wildman–Crippen LogP) is 1.59. The van der Waals surface area contributed by atoms with Gasteiger partial charge in [0.15, 0.2) is 0 Å². The van der Waals surface area contributed by atoms with Crippen molar-refractivity contribution >= 4 is 11.3 Å². The lowest BCUT2D eigenvalue weighted by Crippen LogP contribution is -1.96. The lowest BCUT2D eigenvalue weighted by atomic mass is 10.2. The summed E-state index contributed by atoms with van der Waals surface area (Å²) in [5.74, 6) is 0. The minimum atomic E-state index is 0.526. The van der Waals surface area contributed by atoms with Gasteiger partial charge in [-0.25, -0.2) is 4.98 Å². The van der Waals surface area contributed by atoms with Gasteiger partial charge in [-0.3, -0.25) is 4.98 Å². The molecular weight excluding hydrogens is 194 g/mol. The summed E-state index contributed by atoms with van der Waals surface area (Å²) >= 11 is 1.61. The van der Waals surface area contributed by atoms with Gasteiger partial charge in [-0.05, 0) is 11.6 Å². The van der Waals surface area contributed by atoms with Gasteiger partial charge in [0.2, 0.25) is 0 Å². The van der Waals surface area contributed by atoms with E-state index in [0.717, 1.165) is 17.1 Å². The lowest BCUT2D eigenvalue weighted by Gasteiger charge is -1.95. The van der Waals surface area contributed by atoms with Crippen LogP contribution in [0.15, 0.2) is 29.9 Å². The minimum Gasteiger partial charge on any atom is -0.325 e. The minimum absolute atomic E-state index is 0.526. The van der Waals surface area contributed by atoms with Crippen molar-refractivity contribution < 1.29 is 0 Å². The fraction of sp³-hybridized carbons (Fsp3) is 0.200. The Morgan fingerprint density at radius 2 is 2.36 bits per heavy atom. The second-order valence-electron chi connectivity index (χ2n) is 2.97. The fourth-order valence-corrected chi connectivity index (χ4v) is 1.91. The molecule has 0 unspecified atom stereocenters. The number of thiazole rings is 1. The van der Waals surface area contributed by atoms with Crippen LogP contribution in [0.2, 0.25) is 0 Å². The second kappa shape index (κ2) is 4.30. The maximum absolute atomic E-state index is 5.49. The van der Waals surface area contributed by atoms with Crippen molar-refractivity contribution in [2.45, 2.75) is 13.0 Å². The van der Waals surface area contributed by atoms with E-state index in [1.807, 2.05) is 12.3 Å². The molecule has 72 valence electrons. The summed E-state index contributed by atoms with van der Waals surface area (Å²) in [5, 5.41) is 3.04. The predicted molar refractivity (Wildman–Crippen MR) is 57.0 cm³/mol. The molecule has 2 rings (SSSR count). The average Bonchev–Trinajstić information content (AvgIpc) is 2.67. The Morgan fingerprint density at radius 3 is 3.00 bits per heavy atom. The number of hydrogen-bond acceptors (Lipinski definition) is 4. The van der Waals surface area contributed by atoms with Crippen molar-refractivity contribution in [1.29, 1.82) is 0 Å². The van der Waals surface area contributed by atoms with Gasteiger partial charge in [-0.1, -0.05) is 6.07 Å². The third-order valence-electron chi connectivity index (χ3n) is 1.88. The van der Waals surface area contributed by atoms with E-state index in [2.05, 4.69) is 21.4 Å². The Balaban J connectivity index is 2.11. The summed E-state index contributed by atoms with van der Waals surface area (Å²) in [6.45, 7) is 0.526. The first kappa shape index (κ1) is 9.30. The summed E-state index contributed by atoms with van der Waals surface area (Å²) in [7, 11) is 0. The quantitative estimate of drug-likeness (QED) is 0.827. The van der Waals surface area contributed by atoms with E-state index in [9.17, 15) is 0 Å². The molecule has 0 saturated carbocycles. The number of nitrogens with zero attached hydrogens (tertiary/aromatic N) is 2. The molecule has 0 bridgehead atoms. The molecule has 2 heterocycles. The molecule has 4 heteroatoms. The average molecular weight is 205 g/mol. The topological polar surface area (TPSA) is 51.8 Å². The Kier molecular flexibility index (Phi) is 2.86. The highest BCUT2D eigenvalue weighted by Gasteiger charge is 2.01. The van der Waals surface area contributed by atoms with Crippen LogP contribution in [-0.4, -0.2) is 9.97 Å². The Bertz CT molecular complexity index is 397. The highest BCUT2D eigenvalue weighted by atomic mass is 32.1. The van der Waals surface area contributed by atoms with Crippen LogP contribution in [0.4, 0.5) is 0 Å². The van der Waals surface area contributed by atoms with E-state index in [0.29, 0.717) is 6.54 Å². The van der Waals surface area contributed by atoms with Crippen LogP contribution in [-0.2, 0) is 13.0 Å². The Hall–Kier alpha value is -1.26. The van der Waals surface area contributed by atoms with Gasteiger partial charge in [-0.2, -0.15) is 0 Å². The number of hydrogen-bond donors (Lipinski definition) is 1. The summed E-state index contributed by atoms with van der Waals surface area (Å²) in [6.07, 6.45) is 4.47. The Labute approximate surface area is 86.6 Å². The first-order valence-electron chi connectivity index (χ1n) is 4.41. The first-order chi connectivity index (χ1) is 6.88. The smallest absolute Gasteiger partial charge is 0.106 e. The zero-order valence-electron chi connectivity index (χ0n) is 7.68. The van der Waals surface area contributed by atoms with Crippen LogP contribution < -0.4 is 5.73 Å². The number of pyridine rings is 1. The van der Waals surface area contributed by atoms with Crippen molar-refractivity contribution in [2.75, 3.05) is 0 Å². The first-order valence-corrected chi connectivity index (χ1v) is 5.28. The molecule has 2 N–H and O–H groups in total. The summed E-state index contributed by atoms with van der Waals surface area (Å²) in [4.78, 5) is 8.45. The third kappa shape index (κ3) is 2.16. The van der Waals surface area contributed by atoms with Crippen LogP contribution in [0, 0.1) is 0 Å². The zero-order chi connectivity index (χ0) is 9.80. The molecule has 3 nitrogen and oxygen atoms in total. The number of rotatable bonds is 3. The highest BCUT2D eigenvalue weighted by molar-refractivity contribution is 7.09. The van der Waals surface area contributed by atoms with Crippen molar-refractivity contribution in [3.63, 3.8) is 0 Å². The van der Waals surface area contributed by atoms with Crippen LogP contribution in [0.5, 0.6) is 0 Å². The molecule has 0 amide bonds. The van der Waals surface area contributed by atoms with Gasteiger partial charge >= 0.3 is 0 Å². The fourth-order valence-electron chi connectivity index (χ4n) is 1.24.